The number of aromatic carboxylic acids is 1. The van der Waals surface area contributed by atoms with Crippen molar-refractivity contribution in [3.05, 3.63) is 45.9 Å². The minimum atomic E-state index is -1.28. The molecule has 1 fully saturated rings. The summed E-state index contributed by atoms with van der Waals surface area (Å²) < 4.78 is 5.45. The molecule has 31 heavy (non-hydrogen) atoms. The number of carbonyl (C=O) groups is 2. The second-order valence-corrected chi connectivity index (χ2v) is 9.19. The third-order valence-corrected chi connectivity index (χ3v) is 6.82. The molecule has 1 amide bonds. The number of amides is 1. The lowest BCUT2D eigenvalue weighted by Crippen LogP contribution is -2.53. The third-order valence-electron chi connectivity index (χ3n) is 6.04. The quantitative estimate of drug-likeness (QED) is 0.483. The fourth-order valence-corrected chi connectivity index (χ4v) is 4.95. The molecule has 0 radical (unpaired) electrons. The lowest BCUT2D eigenvalue weighted by molar-refractivity contribution is -0.122. The summed E-state index contributed by atoms with van der Waals surface area (Å²) in [6, 6.07) is 5.29. The summed E-state index contributed by atoms with van der Waals surface area (Å²) in [6.07, 6.45) is 6.60. The number of aromatic nitrogens is 1. The Morgan fingerprint density at radius 3 is 2.77 bits per heavy atom. The highest BCUT2D eigenvalue weighted by molar-refractivity contribution is 7.09. The van der Waals surface area contributed by atoms with Gasteiger partial charge in [0.2, 0.25) is 5.91 Å². The number of carbonyl (C=O) groups excluding carboxylic acids is 1. The minimum absolute atomic E-state index is 0.0153. The smallest absolute Gasteiger partial charge is 0.534 e. The number of rotatable bonds is 7. The van der Waals surface area contributed by atoms with Crippen LogP contribution in [0.3, 0.4) is 0 Å². The highest BCUT2D eigenvalue weighted by atomic mass is 32.1. The van der Waals surface area contributed by atoms with Crippen LogP contribution in [0.5, 0.6) is 5.75 Å². The van der Waals surface area contributed by atoms with E-state index in [1.165, 1.54) is 6.07 Å². The van der Waals surface area contributed by atoms with Gasteiger partial charge in [0.15, 0.2) is 0 Å². The highest BCUT2D eigenvalue weighted by Gasteiger charge is 2.38. The van der Waals surface area contributed by atoms with E-state index in [0.29, 0.717) is 30.4 Å². The summed E-state index contributed by atoms with van der Waals surface area (Å²) in [5, 5.41) is 29.1. The van der Waals surface area contributed by atoms with Crippen LogP contribution in [-0.2, 0) is 17.8 Å². The van der Waals surface area contributed by atoms with Gasteiger partial charge in [0.25, 0.3) is 0 Å². The van der Waals surface area contributed by atoms with Crippen LogP contribution >= 0.6 is 11.3 Å². The molecule has 1 aliphatic carbocycles. The molecular weight excluding hydrogens is 417 g/mol. The van der Waals surface area contributed by atoms with E-state index in [4.69, 9.17) is 4.65 Å². The van der Waals surface area contributed by atoms with Gasteiger partial charge in [0.1, 0.15) is 10.8 Å². The maximum Gasteiger partial charge on any atom is 0.547 e. The molecule has 10 heteroatoms. The fraction of sp³-hybridized carbons (Fsp3) is 0.476. The van der Waals surface area contributed by atoms with Crippen molar-refractivity contribution in [1.29, 1.82) is 0 Å². The SMILES string of the molecule is O=C(CC1CCC(NCc2nccs2)CC1)NC1Cc2cccc(C(=O)O)c2OB1O. The van der Waals surface area contributed by atoms with Crippen LogP contribution in [0, 0.1) is 5.92 Å². The maximum absolute atomic E-state index is 12.6. The number of hydrogen-bond donors (Lipinski definition) is 4. The number of carboxylic acids is 1. The van der Waals surface area contributed by atoms with Crippen molar-refractivity contribution in [1.82, 2.24) is 15.6 Å². The fourth-order valence-electron chi connectivity index (χ4n) is 4.39. The molecule has 1 unspecified atom stereocenters. The van der Waals surface area contributed by atoms with Crippen molar-refractivity contribution in [3.63, 3.8) is 0 Å². The molecule has 2 heterocycles. The van der Waals surface area contributed by atoms with Crippen LogP contribution in [0.1, 0.15) is 53.0 Å². The van der Waals surface area contributed by atoms with Crippen molar-refractivity contribution in [2.24, 2.45) is 5.92 Å². The molecule has 1 aromatic heterocycles. The Bertz CT molecular complexity index is 918. The summed E-state index contributed by atoms with van der Waals surface area (Å²) in [7, 11) is -1.28. The second-order valence-electron chi connectivity index (χ2n) is 8.21. The van der Waals surface area contributed by atoms with E-state index in [0.717, 1.165) is 37.2 Å². The Hall–Kier alpha value is -2.43. The third kappa shape index (κ3) is 5.44. The van der Waals surface area contributed by atoms with Gasteiger partial charge in [-0.25, -0.2) is 9.78 Å². The van der Waals surface area contributed by atoms with E-state index in [2.05, 4.69) is 15.6 Å². The molecule has 1 aromatic carbocycles. The Morgan fingerprint density at radius 1 is 1.26 bits per heavy atom. The zero-order valence-corrected chi connectivity index (χ0v) is 17.9. The average Bonchev–Trinajstić information content (AvgIpc) is 3.27. The number of carboxylic acid groups (broad SMARTS) is 1. The molecule has 164 valence electrons. The van der Waals surface area contributed by atoms with Crippen LogP contribution in [0.2, 0.25) is 0 Å². The summed E-state index contributed by atoms with van der Waals surface area (Å²) in [5.74, 6) is -1.31. The van der Waals surface area contributed by atoms with Gasteiger partial charge >= 0.3 is 13.1 Å². The van der Waals surface area contributed by atoms with E-state index >= 15 is 0 Å². The van der Waals surface area contributed by atoms with E-state index < -0.39 is 19.0 Å². The first-order chi connectivity index (χ1) is 15.0. The van der Waals surface area contributed by atoms with E-state index in [9.17, 15) is 19.7 Å². The van der Waals surface area contributed by atoms with Crippen LogP contribution in [-0.4, -0.2) is 46.1 Å². The van der Waals surface area contributed by atoms with Crippen molar-refractivity contribution < 1.29 is 24.4 Å². The molecule has 1 saturated carbocycles. The van der Waals surface area contributed by atoms with Crippen molar-refractivity contribution in [2.45, 2.75) is 57.1 Å². The molecular formula is C21H26BN3O5S. The highest BCUT2D eigenvalue weighted by Crippen LogP contribution is 2.31. The maximum atomic E-state index is 12.6. The molecule has 0 spiro atoms. The monoisotopic (exact) mass is 443 g/mol. The molecule has 1 atom stereocenters. The number of hydrogen-bond acceptors (Lipinski definition) is 7. The topological polar surface area (TPSA) is 121 Å². The van der Waals surface area contributed by atoms with E-state index in [1.54, 1.807) is 23.5 Å². The first kappa shape index (κ1) is 21.8. The number of nitrogens with zero attached hydrogens (tertiary/aromatic N) is 1. The van der Waals surface area contributed by atoms with Crippen molar-refractivity contribution >= 4 is 30.3 Å². The van der Waals surface area contributed by atoms with Gasteiger partial charge in [0.05, 0.1) is 11.5 Å². The summed E-state index contributed by atoms with van der Waals surface area (Å²) >= 11 is 1.65. The predicted molar refractivity (Wildman–Crippen MR) is 117 cm³/mol. The summed E-state index contributed by atoms with van der Waals surface area (Å²) in [5.41, 5.74) is 0.684. The lowest BCUT2D eigenvalue weighted by atomic mass is 9.72. The predicted octanol–water partition coefficient (Wildman–Crippen LogP) is 2.02. The van der Waals surface area contributed by atoms with E-state index in [1.807, 2.05) is 11.6 Å². The molecule has 0 bridgehead atoms. The van der Waals surface area contributed by atoms with Gasteiger partial charge in [-0.2, -0.15) is 0 Å². The van der Waals surface area contributed by atoms with Gasteiger partial charge in [-0.3, -0.25) is 4.79 Å². The Labute approximate surface area is 185 Å². The van der Waals surface area contributed by atoms with Crippen LogP contribution in [0.25, 0.3) is 0 Å². The van der Waals surface area contributed by atoms with E-state index in [-0.39, 0.29) is 17.2 Å². The normalized spacial score (nSPS) is 23.0. The van der Waals surface area contributed by atoms with Crippen molar-refractivity contribution in [3.8, 4) is 5.75 Å². The summed E-state index contributed by atoms with van der Waals surface area (Å²) in [6.45, 7) is 0.790. The largest absolute Gasteiger partial charge is 0.547 e. The van der Waals surface area contributed by atoms with Gasteiger partial charge < -0.3 is 25.4 Å². The first-order valence-corrected chi connectivity index (χ1v) is 11.5. The molecule has 0 saturated heterocycles. The van der Waals surface area contributed by atoms with Crippen LogP contribution < -0.4 is 15.3 Å². The Kier molecular flexibility index (Phi) is 6.89. The molecule has 4 N–H and O–H groups in total. The zero-order valence-electron chi connectivity index (χ0n) is 17.1. The molecule has 2 aromatic rings. The Balaban J connectivity index is 1.24. The number of thiazole rings is 1. The zero-order chi connectivity index (χ0) is 21.8. The van der Waals surface area contributed by atoms with Gasteiger partial charge in [-0.1, -0.05) is 12.1 Å². The molecule has 2 aliphatic rings. The average molecular weight is 443 g/mol. The van der Waals surface area contributed by atoms with Gasteiger partial charge in [-0.05, 0) is 49.7 Å². The van der Waals surface area contributed by atoms with Crippen LogP contribution in [0.4, 0.5) is 0 Å². The van der Waals surface area contributed by atoms with Crippen molar-refractivity contribution in [2.75, 3.05) is 0 Å². The summed E-state index contributed by atoms with van der Waals surface area (Å²) in [4.78, 5) is 28.2. The minimum Gasteiger partial charge on any atom is -0.534 e. The number of para-hydroxylation sites is 1. The second kappa shape index (κ2) is 9.80. The molecule has 8 nitrogen and oxygen atoms in total. The van der Waals surface area contributed by atoms with Gasteiger partial charge in [0, 0.05) is 30.6 Å². The number of fused-ring (bicyclic) bond motifs is 1. The molecule has 4 rings (SSSR count). The lowest BCUT2D eigenvalue weighted by Gasteiger charge is -2.31. The number of benzene rings is 1. The molecule has 1 aliphatic heterocycles. The standard InChI is InChI=1S/C21H26BN3O5S/c26-18(10-13-4-6-15(7-5-13)24-12-19-23-8-9-31-19)25-17-11-14-2-1-3-16(21(27)28)20(14)30-22(17)29/h1-3,8-9,13,15,17,24,29H,4-7,10-12H2,(H,25,26)(H,27,28). The Morgan fingerprint density at radius 2 is 2.06 bits per heavy atom. The van der Waals surface area contributed by atoms with Gasteiger partial charge in [-0.15, -0.1) is 11.3 Å². The number of nitrogens with one attached hydrogen (secondary N) is 2. The van der Waals surface area contributed by atoms with Crippen LogP contribution in [0.15, 0.2) is 29.8 Å². The first-order valence-electron chi connectivity index (χ1n) is 10.6.